The Morgan fingerprint density at radius 1 is 1.40 bits per heavy atom. The monoisotopic (exact) mass is 227 g/mol. The topological polar surface area (TPSA) is 30.7 Å². The van der Waals surface area contributed by atoms with E-state index >= 15 is 0 Å². The van der Waals surface area contributed by atoms with E-state index in [1.165, 1.54) is 31.4 Å². The number of hydrogen-bond donors (Lipinski definition) is 0. The van der Waals surface area contributed by atoms with Crippen molar-refractivity contribution >= 4 is 11.8 Å². The Morgan fingerprint density at radius 2 is 2.27 bits per heavy atom. The van der Waals surface area contributed by atoms with Gasteiger partial charge in [0.15, 0.2) is 0 Å². The van der Waals surface area contributed by atoms with Gasteiger partial charge in [0.25, 0.3) is 0 Å². The Labute approximate surface area is 96.6 Å². The molecule has 0 fully saturated rings. The summed E-state index contributed by atoms with van der Waals surface area (Å²) in [6.45, 7) is 3.27. The van der Waals surface area contributed by atoms with Crippen LogP contribution in [0.5, 0.6) is 0 Å². The first-order chi connectivity index (χ1) is 7.36. The lowest BCUT2D eigenvalue weighted by molar-refractivity contribution is 0.408. The minimum absolute atomic E-state index is 0.744. The fourth-order valence-electron chi connectivity index (χ4n) is 1.74. The van der Waals surface area contributed by atoms with Gasteiger partial charge in [-0.2, -0.15) is 11.8 Å². The van der Waals surface area contributed by atoms with Crippen LogP contribution in [-0.4, -0.2) is 27.0 Å². The Balaban J connectivity index is 2.29. The van der Waals surface area contributed by atoms with Gasteiger partial charge in [0.2, 0.25) is 0 Å². The summed E-state index contributed by atoms with van der Waals surface area (Å²) < 4.78 is 1.95. The number of unbranched alkanes of at least 4 members (excludes halogenated alkanes) is 2. The van der Waals surface area contributed by atoms with Gasteiger partial charge in [0.1, 0.15) is 0 Å². The standard InChI is InChI=1S/C11H21N3S/c1-3-4-5-6-11(10-15-2)9-14-8-7-12-13-14/h7-8,11H,3-6,9-10H2,1-2H3. The molecule has 0 spiro atoms. The first-order valence-electron chi connectivity index (χ1n) is 5.69. The molecule has 0 bridgehead atoms. The fraction of sp³-hybridized carbons (Fsp3) is 0.818. The van der Waals surface area contributed by atoms with Crippen molar-refractivity contribution in [3.05, 3.63) is 12.4 Å². The predicted octanol–water partition coefficient (Wildman–Crippen LogP) is 2.84. The van der Waals surface area contributed by atoms with E-state index < -0.39 is 0 Å². The van der Waals surface area contributed by atoms with Crippen molar-refractivity contribution in [2.24, 2.45) is 5.92 Å². The fourth-order valence-corrected chi connectivity index (χ4v) is 2.48. The highest BCUT2D eigenvalue weighted by atomic mass is 32.2. The van der Waals surface area contributed by atoms with E-state index in [2.05, 4.69) is 23.5 Å². The lowest BCUT2D eigenvalue weighted by atomic mass is 10.0. The van der Waals surface area contributed by atoms with Crippen LogP contribution in [0.25, 0.3) is 0 Å². The van der Waals surface area contributed by atoms with Gasteiger partial charge < -0.3 is 0 Å². The molecule has 0 N–H and O–H groups in total. The van der Waals surface area contributed by atoms with E-state index in [1.807, 2.05) is 22.6 Å². The summed E-state index contributed by atoms with van der Waals surface area (Å²) in [6, 6.07) is 0. The Morgan fingerprint density at radius 3 is 2.87 bits per heavy atom. The Hall–Kier alpha value is -0.510. The van der Waals surface area contributed by atoms with Crippen LogP contribution >= 0.6 is 11.8 Å². The highest BCUT2D eigenvalue weighted by molar-refractivity contribution is 7.98. The first-order valence-corrected chi connectivity index (χ1v) is 7.09. The maximum atomic E-state index is 4.02. The quantitative estimate of drug-likeness (QED) is 0.640. The van der Waals surface area contributed by atoms with E-state index in [9.17, 15) is 0 Å². The maximum Gasteiger partial charge on any atom is 0.0692 e. The number of rotatable bonds is 8. The SMILES string of the molecule is CCCCCC(CSC)Cn1ccnn1. The molecular weight excluding hydrogens is 206 g/mol. The second kappa shape index (κ2) is 7.74. The molecular formula is C11H21N3S. The third-order valence-corrected chi connectivity index (χ3v) is 3.34. The average Bonchev–Trinajstić information content (AvgIpc) is 2.71. The highest BCUT2D eigenvalue weighted by Crippen LogP contribution is 2.16. The first kappa shape index (κ1) is 12.6. The highest BCUT2D eigenvalue weighted by Gasteiger charge is 2.08. The van der Waals surface area contributed by atoms with Gasteiger partial charge >= 0.3 is 0 Å². The van der Waals surface area contributed by atoms with Crippen LogP contribution in [0.4, 0.5) is 0 Å². The number of thioether (sulfide) groups is 1. The zero-order valence-electron chi connectivity index (χ0n) is 9.72. The zero-order valence-corrected chi connectivity index (χ0v) is 10.5. The molecule has 1 aromatic rings. The van der Waals surface area contributed by atoms with E-state index in [0.717, 1.165) is 12.5 Å². The van der Waals surface area contributed by atoms with Crippen molar-refractivity contribution in [3.63, 3.8) is 0 Å². The summed E-state index contributed by atoms with van der Waals surface area (Å²) in [7, 11) is 0. The lowest BCUT2D eigenvalue weighted by Gasteiger charge is -2.14. The van der Waals surface area contributed by atoms with E-state index in [-0.39, 0.29) is 0 Å². The second-order valence-corrected chi connectivity index (χ2v) is 4.85. The molecule has 0 saturated carbocycles. The molecule has 3 nitrogen and oxygen atoms in total. The van der Waals surface area contributed by atoms with Crippen LogP contribution < -0.4 is 0 Å². The number of hydrogen-bond acceptors (Lipinski definition) is 3. The van der Waals surface area contributed by atoms with Gasteiger partial charge in [0, 0.05) is 12.7 Å². The van der Waals surface area contributed by atoms with E-state index in [1.54, 1.807) is 6.20 Å². The number of nitrogens with zero attached hydrogens (tertiary/aromatic N) is 3. The molecule has 0 aliphatic rings. The van der Waals surface area contributed by atoms with Crippen molar-refractivity contribution in [1.29, 1.82) is 0 Å². The molecule has 1 unspecified atom stereocenters. The predicted molar refractivity (Wildman–Crippen MR) is 66.0 cm³/mol. The third kappa shape index (κ3) is 5.21. The van der Waals surface area contributed by atoms with Crippen LogP contribution in [0.15, 0.2) is 12.4 Å². The zero-order chi connectivity index (χ0) is 10.9. The average molecular weight is 227 g/mol. The van der Waals surface area contributed by atoms with E-state index in [4.69, 9.17) is 0 Å². The third-order valence-electron chi connectivity index (χ3n) is 2.54. The molecule has 1 rings (SSSR count). The molecule has 0 aromatic carbocycles. The van der Waals surface area contributed by atoms with Gasteiger partial charge in [-0.1, -0.05) is 31.4 Å². The Kier molecular flexibility index (Phi) is 6.48. The van der Waals surface area contributed by atoms with Gasteiger partial charge in [-0.15, -0.1) is 5.10 Å². The summed E-state index contributed by atoms with van der Waals surface area (Å²) in [5.74, 6) is 1.97. The molecule has 0 aliphatic carbocycles. The van der Waals surface area contributed by atoms with Crippen LogP contribution in [0, 0.1) is 5.92 Å². The summed E-state index contributed by atoms with van der Waals surface area (Å²) >= 11 is 1.93. The van der Waals surface area contributed by atoms with Gasteiger partial charge in [-0.25, -0.2) is 0 Å². The summed E-state index contributed by atoms with van der Waals surface area (Å²) in [5.41, 5.74) is 0. The molecule has 4 heteroatoms. The number of aromatic nitrogens is 3. The van der Waals surface area contributed by atoms with Crippen LogP contribution in [0.1, 0.15) is 32.6 Å². The molecule has 0 radical (unpaired) electrons. The molecule has 15 heavy (non-hydrogen) atoms. The second-order valence-electron chi connectivity index (χ2n) is 3.94. The summed E-state index contributed by atoms with van der Waals surface area (Å²) in [6.07, 6.45) is 11.2. The molecule has 1 atom stereocenters. The normalized spacial score (nSPS) is 12.9. The largest absolute Gasteiger partial charge is 0.252 e. The van der Waals surface area contributed by atoms with E-state index in [0.29, 0.717) is 0 Å². The molecule has 0 aliphatic heterocycles. The minimum atomic E-state index is 0.744. The van der Waals surface area contributed by atoms with Crippen molar-refractivity contribution in [1.82, 2.24) is 15.0 Å². The van der Waals surface area contributed by atoms with Crippen molar-refractivity contribution in [3.8, 4) is 0 Å². The van der Waals surface area contributed by atoms with Crippen molar-refractivity contribution in [2.45, 2.75) is 39.2 Å². The molecule has 86 valence electrons. The maximum absolute atomic E-state index is 4.02. The minimum Gasteiger partial charge on any atom is -0.252 e. The summed E-state index contributed by atoms with van der Waals surface area (Å²) in [4.78, 5) is 0. The van der Waals surface area contributed by atoms with Crippen LogP contribution in [-0.2, 0) is 6.54 Å². The molecule has 1 aromatic heterocycles. The molecule has 1 heterocycles. The smallest absolute Gasteiger partial charge is 0.0692 e. The lowest BCUT2D eigenvalue weighted by Crippen LogP contribution is -2.14. The Bertz CT molecular complexity index is 236. The molecule has 0 amide bonds. The van der Waals surface area contributed by atoms with Gasteiger partial charge in [-0.05, 0) is 24.3 Å². The van der Waals surface area contributed by atoms with Crippen molar-refractivity contribution in [2.75, 3.05) is 12.0 Å². The summed E-state index contributed by atoms with van der Waals surface area (Å²) in [5, 5.41) is 7.86. The molecule has 0 saturated heterocycles. The van der Waals surface area contributed by atoms with Crippen molar-refractivity contribution < 1.29 is 0 Å². The van der Waals surface area contributed by atoms with Gasteiger partial charge in [-0.3, -0.25) is 4.68 Å². The van der Waals surface area contributed by atoms with Crippen LogP contribution in [0.3, 0.4) is 0 Å². The van der Waals surface area contributed by atoms with Crippen LogP contribution in [0.2, 0.25) is 0 Å². The van der Waals surface area contributed by atoms with Gasteiger partial charge in [0.05, 0.1) is 6.20 Å².